The molecule has 3 N–H and O–H groups in total. The maximum absolute atomic E-state index is 12.4. The molecule has 0 unspecified atom stereocenters. The SMILES string of the molecule is CC(=O)CCCOCCN=[N+]=[N-].CCC(=O)Cc1ccccc1NC(=O)CC.CCC(=O)Nc1cc(NC(=O)CC)cc(C(=O)CCCOCCN=[N+]=[N-])c1. The summed E-state index contributed by atoms with van der Waals surface area (Å²) in [6.07, 6.45) is 4.03. The molecule has 0 bridgehead atoms. The van der Waals surface area contributed by atoms with Gasteiger partial charge in [-0.05, 0) is 60.7 Å². The first kappa shape index (κ1) is 49.4. The van der Waals surface area contributed by atoms with Gasteiger partial charge in [0.2, 0.25) is 17.7 Å². The Balaban J connectivity index is 0.000000880. The molecule has 0 aliphatic heterocycles. The Labute approximate surface area is 322 Å². The van der Waals surface area contributed by atoms with Crippen molar-refractivity contribution in [2.45, 2.75) is 92.4 Å². The number of nitrogens with zero attached hydrogens (tertiary/aromatic N) is 6. The number of Topliss-reactive ketones (excluding diaryl/α,β-unsaturated/α-hetero) is 3. The average Bonchev–Trinajstić information content (AvgIpc) is 3.17. The summed E-state index contributed by atoms with van der Waals surface area (Å²) < 4.78 is 10.3. The van der Waals surface area contributed by atoms with Crippen LogP contribution in [0.25, 0.3) is 20.9 Å². The molecule has 0 spiro atoms. The molecule has 0 heterocycles. The molecule has 3 amide bonds. The van der Waals surface area contributed by atoms with Gasteiger partial charge in [-0.3, -0.25) is 24.0 Å². The highest BCUT2D eigenvalue weighted by molar-refractivity contribution is 6.01. The van der Waals surface area contributed by atoms with Gasteiger partial charge < -0.3 is 30.2 Å². The van der Waals surface area contributed by atoms with Crippen molar-refractivity contribution in [1.29, 1.82) is 0 Å². The van der Waals surface area contributed by atoms with Crippen molar-refractivity contribution in [3.63, 3.8) is 0 Å². The van der Waals surface area contributed by atoms with Crippen molar-refractivity contribution in [3.05, 3.63) is 74.5 Å². The van der Waals surface area contributed by atoms with Gasteiger partial charge in [-0.1, -0.05) is 56.1 Å². The molecule has 17 nitrogen and oxygen atoms in total. The summed E-state index contributed by atoms with van der Waals surface area (Å²) in [5.41, 5.74) is 19.0. The second-order valence-electron chi connectivity index (χ2n) is 11.7. The van der Waals surface area contributed by atoms with Crippen molar-refractivity contribution in [2.75, 3.05) is 55.5 Å². The van der Waals surface area contributed by atoms with E-state index in [9.17, 15) is 28.8 Å². The zero-order valence-corrected chi connectivity index (χ0v) is 32.6. The largest absolute Gasteiger partial charge is 0.381 e. The van der Waals surface area contributed by atoms with Gasteiger partial charge >= 0.3 is 0 Å². The third kappa shape index (κ3) is 25.9. The van der Waals surface area contributed by atoms with Crippen molar-refractivity contribution < 1.29 is 38.2 Å². The minimum atomic E-state index is -0.180. The summed E-state index contributed by atoms with van der Waals surface area (Å²) in [5, 5.41) is 14.9. The lowest BCUT2D eigenvalue weighted by molar-refractivity contribution is -0.118. The first-order valence-electron chi connectivity index (χ1n) is 18.3. The van der Waals surface area contributed by atoms with Crippen LogP contribution in [0.2, 0.25) is 0 Å². The van der Waals surface area contributed by atoms with Crippen LogP contribution < -0.4 is 16.0 Å². The number of ether oxygens (including phenoxy) is 2. The fourth-order valence-corrected chi connectivity index (χ4v) is 4.21. The first-order chi connectivity index (χ1) is 26.4. The smallest absolute Gasteiger partial charge is 0.224 e. The minimum Gasteiger partial charge on any atom is -0.381 e. The van der Waals surface area contributed by atoms with Gasteiger partial charge in [0, 0.05) is 104 Å². The standard InChI is InChI=1S/C18H25N5O4.C13H17NO2.C7H13N3O2/c1-3-17(25)21-14-10-13(11-15(12-14)22-18(26)4-2)16(24)6-5-8-27-9-7-20-23-19;1-3-11(15)9-10-7-5-6-8-12(10)14-13(16)4-2;1-7(11)3-2-5-12-6-4-9-10-8/h10-12H,3-9H2,1-2H3,(H,21,25)(H,22,26);5-8H,3-4,9H2,1-2H3,(H,14,16);2-6H2,1H3. The predicted octanol–water partition coefficient (Wildman–Crippen LogP) is 7.91. The van der Waals surface area contributed by atoms with E-state index in [0.717, 1.165) is 17.7 Å². The summed E-state index contributed by atoms with van der Waals surface area (Å²) in [7, 11) is 0. The molecule has 55 heavy (non-hydrogen) atoms. The second kappa shape index (κ2) is 31.9. The fourth-order valence-electron chi connectivity index (χ4n) is 4.21. The van der Waals surface area contributed by atoms with E-state index in [1.807, 2.05) is 31.2 Å². The van der Waals surface area contributed by atoms with Gasteiger partial charge in [0.05, 0.1) is 13.2 Å². The summed E-state index contributed by atoms with van der Waals surface area (Å²) in [5.74, 6) is -0.155. The highest BCUT2D eigenvalue weighted by atomic mass is 16.5. The number of hydrogen-bond donors (Lipinski definition) is 3. The van der Waals surface area contributed by atoms with Gasteiger partial charge in [-0.25, -0.2) is 0 Å². The number of para-hydroxylation sites is 1. The normalized spacial score (nSPS) is 9.76. The van der Waals surface area contributed by atoms with Crippen molar-refractivity contribution in [3.8, 4) is 0 Å². The van der Waals surface area contributed by atoms with Crippen LogP contribution in [0.3, 0.4) is 0 Å². The Hall–Kier alpha value is -5.60. The zero-order chi connectivity index (χ0) is 41.3. The molecule has 0 aliphatic carbocycles. The van der Waals surface area contributed by atoms with E-state index in [-0.39, 0.29) is 48.0 Å². The van der Waals surface area contributed by atoms with E-state index >= 15 is 0 Å². The van der Waals surface area contributed by atoms with Crippen LogP contribution in [0, 0.1) is 0 Å². The number of carbonyl (C=O) groups excluding carboxylic acids is 6. The van der Waals surface area contributed by atoms with Crippen LogP contribution >= 0.6 is 0 Å². The number of hydrogen-bond acceptors (Lipinski definition) is 10. The van der Waals surface area contributed by atoms with E-state index in [0.29, 0.717) is 94.9 Å². The molecule has 0 fully saturated rings. The lowest BCUT2D eigenvalue weighted by Gasteiger charge is -2.11. The molecular weight excluding hydrogens is 710 g/mol. The number of carbonyl (C=O) groups is 6. The van der Waals surface area contributed by atoms with E-state index < -0.39 is 0 Å². The molecular formula is C38H55N9O8. The molecule has 0 aromatic heterocycles. The van der Waals surface area contributed by atoms with Crippen molar-refractivity contribution in [2.24, 2.45) is 10.2 Å². The molecule has 0 radical (unpaired) electrons. The highest BCUT2D eigenvalue weighted by Crippen LogP contribution is 2.22. The lowest BCUT2D eigenvalue weighted by atomic mass is 10.0. The molecule has 300 valence electrons. The van der Waals surface area contributed by atoms with Crippen LogP contribution in [0.4, 0.5) is 17.1 Å². The number of amides is 3. The predicted molar refractivity (Wildman–Crippen MR) is 212 cm³/mol. The molecule has 2 aromatic carbocycles. The first-order valence-corrected chi connectivity index (χ1v) is 18.3. The Morgan fingerprint density at radius 3 is 1.62 bits per heavy atom. The van der Waals surface area contributed by atoms with Gasteiger partial charge in [-0.2, -0.15) is 0 Å². The number of ketones is 3. The monoisotopic (exact) mass is 765 g/mol. The molecule has 0 aliphatic rings. The number of azide groups is 2. The van der Waals surface area contributed by atoms with Gasteiger partial charge in [-0.15, -0.1) is 0 Å². The number of rotatable bonds is 24. The van der Waals surface area contributed by atoms with E-state index in [1.54, 1.807) is 45.9 Å². The third-order valence-electron chi connectivity index (χ3n) is 7.17. The van der Waals surface area contributed by atoms with Gasteiger partial charge in [0.25, 0.3) is 0 Å². The molecule has 17 heteroatoms. The average molecular weight is 766 g/mol. The van der Waals surface area contributed by atoms with Crippen molar-refractivity contribution in [1.82, 2.24) is 0 Å². The summed E-state index contributed by atoms with van der Waals surface area (Å²) in [4.78, 5) is 74.0. The fraction of sp³-hybridized carbons (Fsp3) is 0.526. The highest BCUT2D eigenvalue weighted by Gasteiger charge is 2.12. The molecule has 0 atom stereocenters. The summed E-state index contributed by atoms with van der Waals surface area (Å²) >= 11 is 0. The lowest BCUT2D eigenvalue weighted by Crippen LogP contribution is -2.13. The number of benzene rings is 2. The Bertz CT molecular complexity index is 1540. The Morgan fingerprint density at radius 1 is 0.655 bits per heavy atom. The topological polar surface area (TPSA) is 254 Å². The Morgan fingerprint density at radius 2 is 1.15 bits per heavy atom. The second-order valence-corrected chi connectivity index (χ2v) is 11.7. The van der Waals surface area contributed by atoms with Gasteiger partial charge in [0.15, 0.2) is 5.78 Å². The molecule has 0 saturated carbocycles. The minimum absolute atomic E-state index is 0.0311. The maximum atomic E-state index is 12.4. The van der Waals surface area contributed by atoms with Crippen LogP contribution in [0.15, 0.2) is 52.7 Å². The number of anilines is 3. The van der Waals surface area contributed by atoms with E-state index in [1.165, 1.54) is 0 Å². The quantitative estimate of drug-likeness (QED) is 0.0310. The maximum Gasteiger partial charge on any atom is 0.224 e. The van der Waals surface area contributed by atoms with Gasteiger partial charge in [0.1, 0.15) is 11.6 Å². The van der Waals surface area contributed by atoms with Crippen molar-refractivity contribution >= 4 is 52.1 Å². The summed E-state index contributed by atoms with van der Waals surface area (Å²) in [6, 6.07) is 12.2. The summed E-state index contributed by atoms with van der Waals surface area (Å²) in [6.45, 7) is 10.9. The number of nitrogens with one attached hydrogen (secondary N) is 3. The van der Waals surface area contributed by atoms with E-state index in [2.05, 4.69) is 36.0 Å². The molecule has 2 aromatic rings. The van der Waals surface area contributed by atoms with Crippen LogP contribution in [-0.2, 0) is 39.9 Å². The van der Waals surface area contributed by atoms with Crippen LogP contribution in [0.1, 0.15) is 102 Å². The van der Waals surface area contributed by atoms with E-state index in [4.69, 9.17) is 20.5 Å². The third-order valence-corrected chi connectivity index (χ3v) is 7.17. The van der Waals surface area contributed by atoms with Crippen LogP contribution in [-0.4, -0.2) is 74.6 Å². The Kier molecular flexibility index (Phi) is 28.6. The molecule has 0 saturated heterocycles. The zero-order valence-electron chi connectivity index (χ0n) is 32.6. The molecule has 2 rings (SSSR count). The van der Waals surface area contributed by atoms with Crippen LogP contribution in [0.5, 0.6) is 0 Å².